The van der Waals surface area contributed by atoms with Gasteiger partial charge in [0.25, 0.3) is 5.56 Å². The highest BCUT2D eigenvalue weighted by Crippen LogP contribution is 2.42. The van der Waals surface area contributed by atoms with Gasteiger partial charge < -0.3 is 20.1 Å². The zero-order chi connectivity index (χ0) is 24.6. The number of pyridine rings is 1. The second-order valence-electron chi connectivity index (χ2n) is 9.36. The van der Waals surface area contributed by atoms with Gasteiger partial charge in [-0.3, -0.25) is 9.36 Å². The fourth-order valence-electron chi connectivity index (χ4n) is 5.03. The molecule has 8 nitrogen and oxygen atoms in total. The molecular weight excluding hydrogens is 486 g/mol. The van der Waals surface area contributed by atoms with Crippen LogP contribution in [0.25, 0.3) is 10.9 Å². The summed E-state index contributed by atoms with van der Waals surface area (Å²) >= 11 is 8.11. The van der Waals surface area contributed by atoms with Gasteiger partial charge in [0.15, 0.2) is 0 Å². The van der Waals surface area contributed by atoms with Crippen LogP contribution in [0.15, 0.2) is 51.5 Å². The zero-order valence-electron chi connectivity index (χ0n) is 19.9. The highest BCUT2D eigenvalue weighted by molar-refractivity contribution is 7.99. The van der Waals surface area contributed by atoms with Crippen LogP contribution in [0.5, 0.6) is 0 Å². The second kappa shape index (κ2) is 10.1. The maximum atomic E-state index is 12.9. The number of fused-ring (bicyclic) bond motifs is 1. The molecule has 1 aromatic carbocycles. The van der Waals surface area contributed by atoms with Crippen molar-refractivity contribution in [2.75, 3.05) is 38.3 Å². The van der Waals surface area contributed by atoms with E-state index in [1.165, 1.54) is 22.7 Å². The number of benzene rings is 1. The molecule has 2 saturated heterocycles. The van der Waals surface area contributed by atoms with Crippen LogP contribution < -0.4 is 16.2 Å². The standard InChI is InChI=1S/C25H30ClN5O3S/c1-16-23(27)25(14-34-16)7-9-30(10-8-25)17-3-6-20(28-13-17)35-19-5-4-18-21(22(19)26)24(32)31(15-29-18)11-12-33-2/h3-6,13,15-16,23H,7-12,14,27H2,1-2H3/t16-,23+/m0/s1. The maximum Gasteiger partial charge on any atom is 0.262 e. The van der Waals surface area contributed by atoms with E-state index in [0.717, 1.165) is 48.1 Å². The molecule has 0 unspecified atom stereocenters. The highest BCUT2D eigenvalue weighted by atomic mass is 35.5. The molecule has 2 atom stereocenters. The van der Waals surface area contributed by atoms with Gasteiger partial charge in [0.1, 0.15) is 5.03 Å². The van der Waals surface area contributed by atoms with Crippen molar-refractivity contribution < 1.29 is 9.47 Å². The number of piperidine rings is 1. The molecule has 0 bridgehead atoms. The minimum absolute atomic E-state index is 0.100. The number of anilines is 1. The Hall–Kier alpha value is -2.17. The summed E-state index contributed by atoms with van der Waals surface area (Å²) in [5.74, 6) is 0. The van der Waals surface area contributed by atoms with Gasteiger partial charge in [-0.05, 0) is 44.0 Å². The number of ether oxygens (including phenoxy) is 2. The largest absolute Gasteiger partial charge is 0.383 e. The van der Waals surface area contributed by atoms with Crippen LogP contribution in [-0.2, 0) is 16.0 Å². The van der Waals surface area contributed by atoms with Crippen LogP contribution in [0.3, 0.4) is 0 Å². The second-order valence-corrected chi connectivity index (χ2v) is 10.8. The van der Waals surface area contributed by atoms with Crippen molar-refractivity contribution in [1.29, 1.82) is 0 Å². The molecule has 186 valence electrons. The van der Waals surface area contributed by atoms with E-state index in [-0.39, 0.29) is 23.1 Å². The number of hydrogen-bond donors (Lipinski definition) is 1. The summed E-state index contributed by atoms with van der Waals surface area (Å²) in [5, 5.41) is 1.62. The first-order valence-electron chi connectivity index (χ1n) is 11.8. The molecular formula is C25H30ClN5O3S. The summed E-state index contributed by atoms with van der Waals surface area (Å²) < 4.78 is 12.4. The molecule has 2 N–H and O–H groups in total. The Labute approximate surface area is 213 Å². The van der Waals surface area contributed by atoms with Crippen molar-refractivity contribution in [3.05, 3.63) is 52.2 Å². The first-order chi connectivity index (χ1) is 16.9. The number of aromatic nitrogens is 3. The van der Waals surface area contributed by atoms with Crippen molar-refractivity contribution in [3.63, 3.8) is 0 Å². The molecule has 2 aliphatic rings. The third-order valence-electron chi connectivity index (χ3n) is 7.34. The van der Waals surface area contributed by atoms with Gasteiger partial charge in [-0.1, -0.05) is 23.4 Å². The Morgan fingerprint density at radius 2 is 2.06 bits per heavy atom. The molecule has 3 aromatic rings. The quantitative estimate of drug-likeness (QED) is 0.532. The Balaban J connectivity index is 1.30. The Morgan fingerprint density at radius 1 is 1.26 bits per heavy atom. The minimum Gasteiger partial charge on any atom is -0.383 e. The average molecular weight is 516 g/mol. The number of nitrogens with two attached hydrogens (primary N) is 1. The summed E-state index contributed by atoms with van der Waals surface area (Å²) in [4.78, 5) is 25.1. The summed E-state index contributed by atoms with van der Waals surface area (Å²) in [7, 11) is 1.60. The SMILES string of the molecule is COCCn1cnc2ccc(Sc3ccc(N4CCC5(CC4)CO[C@@H](C)[C@H]5N)cn3)c(Cl)c2c1=O. The van der Waals surface area contributed by atoms with E-state index < -0.39 is 0 Å². The molecule has 2 aliphatic heterocycles. The molecule has 2 aromatic heterocycles. The summed E-state index contributed by atoms with van der Waals surface area (Å²) in [6.45, 7) is 5.56. The predicted molar refractivity (Wildman–Crippen MR) is 139 cm³/mol. The van der Waals surface area contributed by atoms with E-state index in [4.69, 9.17) is 26.8 Å². The third-order valence-corrected chi connectivity index (χ3v) is 8.85. The lowest BCUT2D eigenvalue weighted by molar-refractivity contribution is 0.0974. The van der Waals surface area contributed by atoms with Gasteiger partial charge in [-0.25, -0.2) is 9.97 Å². The van der Waals surface area contributed by atoms with E-state index in [1.807, 2.05) is 24.4 Å². The fourth-order valence-corrected chi connectivity index (χ4v) is 6.18. The molecule has 4 heterocycles. The van der Waals surface area contributed by atoms with Crippen molar-refractivity contribution in [3.8, 4) is 0 Å². The van der Waals surface area contributed by atoms with Gasteiger partial charge in [0.05, 0.1) is 60.0 Å². The van der Waals surface area contributed by atoms with Crippen LogP contribution in [0.4, 0.5) is 5.69 Å². The molecule has 0 saturated carbocycles. The normalized spacial score (nSPS) is 21.8. The van der Waals surface area contributed by atoms with E-state index >= 15 is 0 Å². The maximum absolute atomic E-state index is 12.9. The van der Waals surface area contributed by atoms with Crippen molar-refractivity contribution in [2.45, 2.75) is 48.4 Å². The summed E-state index contributed by atoms with van der Waals surface area (Å²) in [6, 6.07) is 7.90. The highest BCUT2D eigenvalue weighted by Gasteiger charge is 2.47. The molecule has 0 aliphatic carbocycles. The van der Waals surface area contributed by atoms with Crippen molar-refractivity contribution >= 4 is 40.0 Å². The molecule has 2 fully saturated rings. The first-order valence-corrected chi connectivity index (χ1v) is 13.0. The van der Waals surface area contributed by atoms with Crippen molar-refractivity contribution in [1.82, 2.24) is 14.5 Å². The predicted octanol–water partition coefficient (Wildman–Crippen LogP) is 3.58. The molecule has 0 amide bonds. The summed E-state index contributed by atoms with van der Waals surface area (Å²) in [6.07, 6.45) is 5.62. The van der Waals surface area contributed by atoms with Gasteiger partial charge in [-0.15, -0.1) is 0 Å². The van der Waals surface area contributed by atoms with Crippen molar-refractivity contribution in [2.24, 2.45) is 11.1 Å². The smallest absolute Gasteiger partial charge is 0.262 e. The van der Waals surface area contributed by atoms with Crippen LogP contribution >= 0.6 is 23.4 Å². The summed E-state index contributed by atoms with van der Waals surface area (Å²) in [5.41, 5.74) is 8.05. The van der Waals surface area contributed by atoms with E-state index in [0.29, 0.717) is 29.1 Å². The number of methoxy groups -OCH3 is 1. The van der Waals surface area contributed by atoms with Gasteiger partial charge in [0.2, 0.25) is 0 Å². The number of rotatable bonds is 6. The molecule has 5 rings (SSSR count). The van der Waals surface area contributed by atoms with Gasteiger partial charge in [0, 0.05) is 36.6 Å². The lowest BCUT2D eigenvalue weighted by Crippen LogP contribution is -2.50. The number of hydrogen-bond acceptors (Lipinski definition) is 8. The van der Waals surface area contributed by atoms with E-state index in [2.05, 4.69) is 27.9 Å². The lowest BCUT2D eigenvalue weighted by atomic mass is 9.73. The van der Waals surface area contributed by atoms with Crippen LogP contribution in [0, 0.1) is 5.41 Å². The molecule has 0 radical (unpaired) electrons. The first kappa shape index (κ1) is 24.5. The topological polar surface area (TPSA) is 95.5 Å². The van der Waals surface area contributed by atoms with Crippen LogP contribution in [0.1, 0.15) is 19.8 Å². The number of halogens is 1. The van der Waals surface area contributed by atoms with E-state index in [1.54, 1.807) is 7.11 Å². The van der Waals surface area contributed by atoms with Gasteiger partial charge in [-0.2, -0.15) is 0 Å². The van der Waals surface area contributed by atoms with E-state index in [9.17, 15) is 4.79 Å². The lowest BCUT2D eigenvalue weighted by Gasteiger charge is -2.42. The zero-order valence-corrected chi connectivity index (χ0v) is 21.5. The Kier molecular flexibility index (Phi) is 7.05. The van der Waals surface area contributed by atoms with Crippen LogP contribution in [0.2, 0.25) is 5.02 Å². The average Bonchev–Trinajstić information content (AvgIpc) is 3.14. The van der Waals surface area contributed by atoms with Gasteiger partial charge >= 0.3 is 0 Å². The van der Waals surface area contributed by atoms with Crippen LogP contribution in [-0.4, -0.2) is 60.1 Å². The molecule has 35 heavy (non-hydrogen) atoms. The third kappa shape index (κ3) is 4.68. The molecule has 1 spiro atoms. The number of nitrogens with zero attached hydrogens (tertiary/aromatic N) is 4. The monoisotopic (exact) mass is 515 g/mol. The minimum atomic E-state index is -0.174. The Morgan fingerprint density at radius 3 is 2.71 bits per heavy atom. The molecule has 10 heteroatoms. The Bertz CT molecular complexity index is 1260. The fraction of sp³-hybridized carbons (Fsp3) is 0.480.